The molecular weight excluding hydrogens is 454 g/mol. The quantitative estimate of drug-likeness (QED) is 0.542. The van der Waals surface area contributed by atoms with Gasteiger partial charge in [-0.1, -0.05) is 37.1 Å². The SMILES string of the molecule is COc1ccc(Cl)cc1C(=O)NCC(C)c1ccc(OC(C)(C)C(=O)NN2CCCCC2)cc1. The highest BCUT2D eigenvalue weighted by atomic mass is 35.5. The zero-order valence-electron chi connectivity index (χ0n) is 20.3. The van der Waals surface area contributed by atoms with Gasteiger partial charge in [-0.05, 0) is 68.5 Å². The highest BCUT2D eigenvalue weighted by Gasteiger charge is 2.31. The lowest BCUT2D eigenvalue weighted by atomic mass is 10.0. The van der Waals surface area contributed by atoms with Crippen LogP contribution in [-0.2, 0) is 4.79 Å². The van der Waals surface area contributed by atoms with Gasteiger partial charge in [-0.15, -0.1) is 0 Å². The maximum atomic E-state index is 12.7. The van der Waals surface area contributed by atoms with Crippen LogP contribution in [-0.4, -0.2) is 49.2 Å². The number of carbonyl (C=O) groups is 2. The summed E-state index contributed by atoms with van der Waals surface area (Å²) < 4.78 is 11.3. The second-order valence-corrected chi connectivity index (χ2v) is 9.56. The van der Waals surface area contributed by atoms with Gasteiger partial charge in [-0.25, -0.2) is 5.01 Å². The van der Waals surface area contributed by atoms with E-state index in [1.165, 1.54) is 13.5 Å². The van der Waals surface area contributed by atoms with Crippen LogP contribution in [0.5, 0.6) is 11.5 Å². The lowest BCUT2D eigenvalue weighted by Gasteiger charge is -2.32. The van der Waals surface area contributed by atoms with Gasteiger partial charge in [-0.2, -0.15) is 0 Å². The van der Waals surface area contributed by atoms with Gasteiger partial charge in [0.2, 0.25) is 0 Å². The summed E-state index contributed by atoms with van der Waals surface area (Å²) >= 11 is 6.03. The molecule has 7 nitrogen and oxygen atoms in total. The second-order valence-electron chi connectivity index (χ2n) is 9.13. The molecule has 0 spiro atoms. The Labute approximate surface area is 206 Å². The zero-order chi connectivity index (χ0) is 24.7. The maximum Gasteiger partial charge on any atom is 0.277 e. The first-order valence-electron chi connectivity index (χ1n) is 11.7. The van der Waals surface area contributed by atoms with Gasteiger partial charge in [0.1, 0.15) is 11.5 Å². The zero-order valence-corrected chi connectivity index (χ0v) is 21.1. The van der Waals surface area contributed by atoms with Crippen LogP contribution in [0.2, 0.25) is 5.02 Å². The second kappa shape index (κ2) is 11.6. The summed E-state index contributed by atoms with van der Waals surface area (Å²) in [6.07, 6.45) is 3.39. The maximum absolute atomic E-state index is 12.7. The van der Waals surface area contributed by atoms with Gasteiger partial charge in [0.05, 0.1) is 12.7 Å². The minimum atomic E-state index is -1.01. The Morgan fingerprint density at radius 3 is 2.41 bits per heavy atom. The molecule has 0 aromatic heterocycles. The Balaban J connectivity index is 1.54. The van der Waals surface area contributed by atoms with Crippen LogP contribution in [0.25, 0.3) is 0 Å². The normalized spacial score (nSPS) is 15.3. The van der Waals surface area contributed by atoms with Crippen molar-refractivity contribution in [2.75, 3.05) is 26.7 Å². The van der Waals surface area contributed by atoms with Crippen LogP contribution >= 0.6 is 11.6 Å². The van der Waals surface area contributed by atoms with Crippen LogP contribution in [0.1, 0.15) is 61.9 Å². The fraction of sp³-hybridized carbons (Fsp3) is 0.462. The molecule has 1 heterocycles. The van der Waals surface area contributed by atoms with E-state index in [9.17, 15) is 9.59 Å². The molecule has 1 fully saturated rings. The van der Waals surface area contributed by atoms with Crippen LogP contribution < -0.4 is 20.2 Å². The fourth-order valence-electron chi connectivity index (χ4n) is 3.81. The lowest BCUT2D eigenvalue weighted by molar-refractivity contribution is -0.139. The Morgan fingerprint density at radius 2 is 1.76 bits per heavy atom. The summed E-state index contributed by atoms with van der Waals surface area (Å²) in [4.78, 5) is 25.3. The average molecular weight is 488 g/mol. The lowest BCUT2D eigenvalue weighted by Crippen LogP contribution is -2.54. The Bertz CT molecular complexity index is 988. The third-order valence-electron chi connectivity index (χ3n) is 5.96. The molecule has 34 heavy (non-hydrogen) atoms. The number of hydrazine groups is 1. The standard InChI is InChI=1S/C26H34ClN3O4/c1-18(17-28-24(31)22-16-20(27)10-13-23(22)33-4)19-8-11-21(12-9-19)34-26(2,3)25(32)29-30-14-6-5-7-15-30/h8-13,16,18H,5-7,14-15,17H2,1-4H3,(H,28,31)(H,29,32). The summed E-state index contributed by atoms with van der Waals surface area (Å²) in [5.74, 6) is 0.752. The van der Waals surface area contributed by atoms with Crippen molar-refractivity contribution >= 4 is 23.4 Å². The van der Waals surface area contributed by atoms with Crippen molar-refractivity contribution in [3.05, 3.63) is 58.6 Å². The molecular formula is C26H34ClN3O4. The van der Waals surface area contributed by atoms with E-state index in [1.54, 1.807) is 32.0 Å². The van der Waals surface area contributed by atoms with Gasteiger partial charge in [-0.3, -0.25) is 15.0 Å². The number of piperidine rings is 1. The molecule has 1 aliphatic heterocycles. The van der Waals surface area contributed by atoms with Crippen LogP contribution in [0.15, 0.2) is 42.5 Å². The number of ether oxygens (including phenoxy) is 2. The summed E-state index contributed by atoms with van der Waals surface area (Å²) in [5.41, 5.74) is 3.41. The monoisotopic (exact) mass is 487 g/mol. The third-order valence-corrected chi connectivity index (χ3v) is 6.19. The van der Waals surface area contributed by atoms with Crippen molar-refractivity contribution < 1.29 is 19.1 Å². The number of halogens is 1. The summed E-state index contributed by atoms with van der Waals surface area (Å²) in [5, 5.41) is 5.38. The first kappa shape index (κ1) is 25.8. The number of carbonyl (C=O) groups excluding carboxylic acids is 2. The van der Waals surface area contributed by atoms with Gasteiger partial charge >= 0.3 is 0 Å². The predicted octanol–water partition coefficient (Wildman–Crippen LogP) is 4.56. The third kappa shape index (κ3) is 6.87. The molecule has 2 N–H and O–H groups in total. The summed E-state index contributed by atoms with van der Waals surface area (Å²) in [6, 6.07) is 12.5. The minimum absolute atomic E-state index is 0.0681. The van der Waals surface area contributed by atoms with E-state index in [1.807, 2.05) is 36.2 Å². The van der Waals surface area contributed by atoms with Crippen molar-refractivity contribution in [1.29, 1.82) is 0 Å². The van der Waals surface area contributed by atoms with Crippen molar-refractivity contribution in [2.24, 2.45) is 0 Å². The Hall–Kier alpha value is -2.77. The predicted molar refractivity (Wildman–Crippen MR) is 133 cm³/mol. The van der Waals surface area contributed by atoms with Gasteiger partial charge in [0, 0.05) is 24.7 Å². The van der Waals surface area contributed by atoms with E-state index < -0.39 is 5.60 Å². The number of methoxy groups -OCH3 is 1. The van der Waals surface area contributed by atoms with E-state index in [4.69, 9.17) is 21.1 Å². The highest BCUT2D eigenvalue weighted by molar-refractivity contribution is 6.31. The molecule has 2 aromatic carbocycles. The largest absolute Gasteiger partial charge is 0.496 e. The molecule has 8 heteroatoms. The van der Waals surface area contributed by atoms with Crippen molar-refractivity contribution in [3.8, 4) is 11.5 Å². The first-order valence-corrected chi connectivity index (χ1v) is 12.0. The molecule has 0 radical (unpaired) electrons. The number of rotatable bonds is 9. The van der Waals surface area contributed by atoms with Crippen LogP contribution in [0.3, 0.4) is 0 Å². The van der Waals surface area contributed by atoms with Gasteiger partial charge < -0.3 is 14.8 Å². The van der Waals surface area contributed by atoms with Crippen LogP contribution in [0, 0.1) is 0 Å². The number of benzene rings is 2. The average Bonchev–Trinajstić information content (AvgIpc) is 2.83. The molecule has 1 aliphatic rings. The molecule has 1 atom stereocenters. The van der Waals surface area contributed by atoms with E-state index in [0.717, 1.165) is 31.5 Å². The van der Waals surface area contributed by atoms with Crippen molar-refractivity contribution in [3.63, 3.8) is 0 Å². The molecule has 1 unspecified atom stereocenters. The number of nitrogens with one attached hydrogen (secondary N) is 2. The van der Waals surface area contributed by atoms with Crippen molar-refractivity contribution in [2.45, 2.75) is 51.6 Å². The topological polar surface area (TPSA) is 79.9 Å². The van der Waals surface area contributed by atoms with Crippen LogP contribution in [0.4, 0.5) is 0 Å². The number of hydrogen-bond acceptors (Lipinski definition) is 5. The molecule has 2 amide bonds. The van der Waals surface area contributed by atoms with Gasteiger partial charge in [0.15, 0.2) is 5.60 Å². The number of nitrogens with zero attached hydrogens (tertiary/aromatic N) is 1. The summed E-state index contributed by atoms with van der Waals surface area (Å²) in [7, 11) is 1.52. The van der Waals surface area contributed by atoms with E-state index in [2.05, 4.69) is 10.7 Å². The molecule has 3 rings (SSSR count). The number of amides is 2. The molecule has 0 saturated carbocycles. The highest BCUT2D eigenvalue weighted by Crippen LogP contribution is 2.25. The molecule has 2 aromatic rings. The van der Waals surface area contributed by atoms with E-state index in [0.29, 0.717) is 28.6 Å². The smallest absolute Gasteiger partial charge is 0.277 e. The fourth-order valence-corrected chi connectivity index (χ4v) is 3.98. The Kier molecular flexibility index (Phi) is 8.80. The first-order chi connectivity index (χ1) is 16.2. The minimum Gasteiger partial charge on any atom is -0.496 e. The van der Waals surface area contributed by atoms with E-state index in [-0.39, 0.29) is 17.7 Å². The van der Waals surface area contributed by atoms with Crippen molar-refractivity contribution in [1.82, 2.24) is 15.8 Å². The van der Waals surface area contributed by atoms with Gasteiger partial charge in [0.25, 0.3) is 11.8 Å². The molecule has 1 saturated heterocycles. The number of hydrogen-bond donors (Lipinski definition) is 2. The molecule has 0 bridgehead atoms. The molecule has 0 aliphatic carbocycles. The summed E-state index contributed by atoms with van der Waals surface area (Å²) in [6.45, 7) is 7.74. The van der Waals surface area contributed by atoms with E-state index >= 15 is 0 Å². The molecule has 184 valence electrons. The Morgan fingerprint density at radius 1 is 1.09 bits per heavy atom.